The zero-order valence-electron chi connectivity index (χ0n) is 8.47. The fourth-order valence-electron chi connectivity index (χ4n) is 1.39. The van der Waals surface area contributed by atoms with Crippen LogP contribution in [0.15, 0.2) is 18.2 Å². The van der Waals surface area contributed by atoms with Gasteiger partial charge in [0.25, 0.3) is 5.91 Å². The summed E-state index contributed by atoms with van der Waals surface area (Å²) in [4.78, 5) is 10.9. The average Bonchev–Trinajstić information content (AvgIpc) is 2.15. The Hall–Kier alpha value is -0.0187. The minimum absolute atomic E-state index is 0. The van der Waals surface area contributed by atoms with E-state index in [9.17, 15) is 17.7 Å². The molecular formula is C8H6BF3KNO2. The molecule has 1 aliphatic rings. The van der Waals surface area contributed by atoms with Crippen LogP contribution in [0, 0.1) is 0 Å². The van der Waals surface area contributed by atoms with E-state index >= 15 is 0 Å². The molecule has 1 aromatic carbocycles. The molecule has 1 N–H and O–H groups in total. The fourth-order valence-corrected chi connectivity index (χ4v) is 1.39. The number of carbonyl (C=O) groups excluding carboxylic acids is 1. The van der Waals surface area contributed by atoms with Crippen molar-refractivity contribution in [1.29, 1.82) is 0 Å². The zero-order chi connectivity index (χ0) is 11.1. The molecule has 1 heterocycles. The molecule has 80 valence electrons. The Morgan fingerprint density at radius 1 is 1.31 bits per heavy atom. The van der Waals surface area contributed by atoms with Crippen molar-refractivity contribution in [2.24, 2.45) is 0 Å². The topological polar surface area (TPSA) is 38.3 Å². The van der Waals surface area contributed by atoms with Gasteiger partial charge in [-0.25, -0.2) is 0 Å². The van der Waals surface area contributed by atoms with E-state index < -0.39 is 18.3 Å². The summed E-state index contributed by atoms with van der Waals surface area (Å²) in [7, 11) is 0. The molecular weight excluding hydrogens is 249 g/mol. The van der Waals surface area contributed by atoms with Gasteiger partial charge in [0.2, 0.25) is 0 Å². The Bertz CT molecular complexity index is 424. The van der Waals surface area contributed by atoms with Gasteiger partial charge in [-0.1, -0.05) is 17.6 Å². The number of rotatable bonds is 1. The molecule has 0 bridgehead atoms. The number of anilines is 1. The number of nitrogens with one attached hydrogen (secondary N) is 1. The van der Waals surface area contributed by atoms with Crippen molar-refractivity contribution in [3.63, 3.8) is 0 Å². The van der Waals surface area contributed by atoms with Gasteiger partial charge in [-0.15, -0.1) is 0 Å². The number of hydrogen-bond donors (Lipinski definition) is 1. The largest absolute Gasteiger partial charge is 1.00 e. The summed E-state index contributed by atoms with van der Waals surface area (Å²) < 4.78 is 42.5. The van der Waals surface area contributed by atoms with Gasteiger partial charge in [-0.05, 0) is 6.07 Å². The summed E-state index contributed by atoms with van der Waals surface area (Å²) in [6.07, 6.45) is 0. The Morgan fingerprint density at radius 3 is 2.62 bits per heavy atom. The number of benzene rings is 1. The minimum Gasteiger partial charge on any atom is -0.482 e. The molecule has 0 aromatic heterocycles. The van der Waals surface area contributed by atoms with Crippen molar-refractivity contribution in [3.05, 3.63) is 18.2 Å². The quantitative estimate of drug-likeness (QED) is 0.594. The Kier molecular flexibility index (Phi) is 4.47. The van der Waals surface area contributed by atoms with E-state index in [2.05, 4.69) is 5.32 Å². The number of ether oxygens (including phenoxy) is 1. The zero-order valence-corrected chi connectivity index (χ0v) is 11.6. The van der Waals surface area contributed by atoms with Crippen molar-refractivity contribution in [2.45, 2.75) is 0 Å². The van der Waals surface area contributed by atoms with Gasteiger partial charge in [-0.2, -0.15) is 0 Å². The molecule has 0 atom stereocenters. The van der Waals surface area contributed by atoms with Crippen LogP contribution in [-0.2, 0) is 4.79 Å². The molecule has 0 aliphatic carbocycles. The second-order valence-electron chi connectivity index (χ2n) is 3.13. The van der Waals surface area contributed by atoms with E-state index in [-0.39, 0.29) is 69.4 Å². The van der Waals surface area contributed by atoms with Crippen LogP contribution in [0.5, 0.6) is 5.75 Å². The first kappa shape index (κ1) is 14.0. The third-order valence-corrected chi connectivity index (χ3v) is 2.03. The Balaban J connectivity index is 0.00000128. The van der Waals surface area contributed by atoms with Crippen LogP contribution >= 0.6 is 0 Å². The van der Waals surface area contributed by atoms with E-state index in [1.807, 2.05) is 0 Å². The second kappa shape index (κ2) is 5.09. The van der Waals surface area contributed by atoms with Crippen LogP contribution in [0.1, 0.15) is 0 Å². The van der Waals surface area contributed by atoms with Crippen molar-refractivity contribution >= 4 is 24.0 Å². The summed E-state index contributed by atoms with van der Waals surface area (Å²) in [6, 6.07) is 3.56. The van der Waals surface area contributed by atoms with Crippen LogP contribution in [0.25, 0.3) is 0 Å². The van der Waals surface area contributed by atoms with E-state index in [4.69, 9.17) is 4.74 Å². The summed E-state index contributed by atoms with van der Waals surface area (Å²) in [5.41, 5.74) is -1.11. The molecule has 0 unspecified atom stereocenters. The molecule has 0 saturated heterocycles. The Morgan fingerprint density at radius 2 is 2.00 bits per heavy atom. The first-order valence-electron chi connectivity index (χ1n) is 4.24. The van der Waals surface area contributed by atoms with Crippen molar-refractivity contribution in [1.82, 2.24) is 0 Å². The number of carbonyl (C=O) groups is 1. The number of para-hydroxylation sites is 1. The first-order chi connectivity index (χ1) is 6.98. The van der Waals surface area contributed by atoms with Gasteiger partial charge >= 0.3 is 58.4 Å². The molecule has 2 rings (SSSR count). The summed E-state index contributed by atoms with van der Waals surface area (Å²) in [5.74, 6) is -0.513. The molecule has 1 aliphatic heterocycles. The van der Waals surface area contributed by atoms with Crippen LogP contribution in [-0.4, -0.2) is 19.5 Å². The van der Waals surface area contributed by atoms with Gasteiger partial charge in [0.15, 0.2) is 6.61 Å². The van der Waals surface area contributed by atoms with Gasteiger partial charge in [0.05, 0.1) is 5.69 Å². The number of hydrogen-bond acceptors (Lipinski definition) is 2. The molecule has 0 saturated carbocycles. The van der Waals surface area contributed by atoms with E-state index in [0.29, 0.717) is 0 Å². The average molecular weight is 255 g/mol. The van der Waals surface area contributed by atoms with E-state index in [0.717, 1.165) is 6.07 Å². The maximum absolute atomic E-state index is 12.6. The third-order valence-electron chi connectivity index (χ3n) is 2.03. The molecule has 1 aromatic rings. The molecule has 16 heavy (non-hydrogen) atoms. The van der Waals surface area contributed by atoms with Crippen molar-refractivity contribution < 1.29 is 73.9 Å². The smallest absolute Gasteiger partial charge is 0.482 e. The maximum Gasteiger partial charge on any atom is 1.00 e. The SMILES string of the molecule is O=C1COc2cccc([B-](F)(F)F)c2N1.[K+]. The van der Waals surface area contributed by atoms with Gasteiger partial charge < -0.3 is 23.0 Å². The third kappa shape index (κ3) is 2.81. The molecule has 0 fully saturated rings. The molecule has 0 spiro atoms. The summed E-state index contributed by atoms with van der Waals surface area (Å²) in [6.45, 7) is -5.40. The summed E-state index contributed by atoms with van der Waals surface area (Å²) >= 11 is 0. The van der Waals surface area contributed by atoms with Crippen molar-refractivity contribution in [3.8, 4) is 5.75 Å². The molecule has 3 nitrogen and oxygen atoms in total. The standard InChI is InChI=1S/C8H6BF3NO2.K/c10-9(11,12)5-2-1-3-6-8(5)13-7(14)4-15-6;/h1-3H,4H2,(H,13,14);/q-1;+1. The normalized spacial score (nSPS) is 14.3. The minimum atomic E-state index is -5.15. The van der Waals surface area contributed by atoms with Gasteiger partial charge in [0.1, 0.15) is 5.75 Å². The van der Waals surface area contributed by atoms with E-state index in [1.54, 1.807) is 0 Å². The fraction of sp³-hybridized carbons (Fsp3) is 0.125. The number of halogens is 3. The number of amides is 1. The molecule has 1 amide bonds. The van der Waals surface area contributed by atoms with Gasteiger partial charge in [-0.3, -0.25) is 4.79 Å². The monoisotopic (exact) mass is 255 g/mol. The van der Waals surface area contributed by atoms with Crippen molar-refractivity contribution in [2.75, 3.05) is 11.9 Å². The van der Waals surface area contributed by atoms with Crippen LogP contribution in [0.4, 0.5) is 18.6 Å². The predicted octanol–water partition coefficient (Wildman–Crippen LogP) is -1.92. The second-order valence-corrected chi connectivity index (χ2v) is 3.13. The molecule has 0 radical (unpaired) electrons. The van der Waals surface area contributed by atoms with Crippen LogP contribution in [0.2, 0.25) is 0 Å². The first-order valence-corrected chi connectivity index (χ1v) is 4.24. The number of fused-ring (bicyclic) bond motifs is 1. The predicted molar refractivity (Wildman–Crippen MR) is 49.3 cm³/mol. The van der Waals surface area contributed by atoms with E-state index in [1.165, 1.54) is 12.1 Å². The summed E-state index contributed by atoms with van der Waals surface area (Å²) in [5, 5.41) is 2.17. The van der Waals surface area contributed by atoms with Crippen LogP contribution in [0.3, 0.4) is 0 Å². The van der Waals surface area contributed by atoms with Gasteiger partial charge in [0, 0.05) is 0 Å². The van der Waals surface area contributed by atoms with Crippen LogP contribution < -0.4 is 66.9 Å². The molecule has 8 heteroatoms. The Labute approximate surface area is 132 Å². The maximum atomic E-state index is 12.6.